The van der Waals surface area contributed by atoms with Crippen LogP contribution in [-0.2, 0) is 9.59 Å². The van der Waals surface area contributed by atoms with Crippen LogP contribution < -0.4 is 25.8 Å². The SMILES string of the molecule is COc1ccc(NC(=O)C(=O)Nc2ccccc2C(N)=O)c(OC)c1. The Morgan fingerprint density at radius 1 is 0.880 bits per heavy atom. The molecule has 0 unspecified atom stereocenters. The van der Waals surface area contributed by atoms with Gasteiger partial charge in [0.25, 0.3) is 5.91 Å². The number of ether oxygens (including phenoxy) is 2. The van der Waals surface area contributed by atoms with E-state index in [9.17, 15) is 14.4 Å². The standard InChI is InChI=1S/C17H17N3O5/c1-24-10-7-8-13(14(9-10)25-2)20-17(23)16(22)19-12-6-4-3-5-11(12)15(18)21/h3-9H,1-2H3,(H2,18,21)(H,19,22)(H,20,23). The summed E-state index contributed by atoms with van der Waals surface area (Å²) in [6, 6.07) is 10.8. The van der Waals surface area contributed by atoms with E-state index < -0.39 is 17.7 Å². The Hall–Kier alpha value is -3.55. The van der Waals surface area contributed by atoms with Gasteiger partial charge >= 0.3 is 11.8 Å². The number of benzene rings is 2. The first-order valence-corrected chi connectivity index (χ1v) is 7.19. The highest BCUT2D eigenvalue weighted by molar-refractivity contribution is 6.44. The molecule has 8 nitrogen and oxygen atoms in total. The molecule has 0 aliphatic carbocycles. The van der Waals surface area contributed by atoms with Crippen LogP contribution in [0.25, 0.3) is 0 Å². The monoisotopic (exact) mass is 343 g/mol. The molecule has 0 aromatic heterocycles. The molecule has 0 saturated heterocycles. The van der Waals surface area contributed by atoms with E-state index in [1.165, 1.54) is 26.4 Å². The zero-order valence-corrected chi connectivity index (χ0v) is 13.7. The van der Waals surface area contributed by atoms with Crippen molar-refractivity contribution in [2.75, 3.05) is 24.9 Å². The van der Waals surface area contributed by atoms with E-state index in [0.717, 1.165) is 0 Å². The maximum atomic E-state index is 12.1. The molecule has 2 rings (SSSR count). The molecule has 3 amide bonds. The van der Waals surface area contributed by atoms with Gasteiger partial charge in [0.1, 0.15) is 11.5 Å². The zero-order chi connectivity index (χ0) is 18.4. The van der Waals surface area contributed by atoms with E-state index in [4.69, 9.17) is 15.2 Å². The summed E-state index contributed by atoms with van der Waals surface area (Å²) in [4.78, 5) is 35.5. The fourth-order valence-electron chi connectivity index (χ4n) is 2.07. The quantitative estimate of drug-likeness (QED) is 0.709. The lowest BCUT2D eigenvalue weighted by atomic mass is 10.1. The molecule has 2 aromatic rings. The van der Waals surface area contributed by atoms with Crippen LogP contribution >= 0.6 is 0 Å². The van der Waals surface area contributed by atoms with Crippen molar-refractivity contribution in [3.8, 4) is 11.5 Å². The van der Waals surface area contributed by atoms with Gasteiger partial charge in [-0.15, -0.1) is 0 Å². The number of rotatable bonds is 5. The smallest absolute Gasteiger partial charge is 0.314 e. The van der Waals surface area contributed by atoms with Crippen LogP contribution in [0.1, 0.15) is 10.4 Å². The second kappa shape index (κ2) is 7.82. The van der Waals surface area contributed by atoms with Crippen molar-refractivity contribution in [2.45, 2.75) is 0 Å². The predicted octanol–water partition coefficient (Wildman–Crippen LogP) is 1.38. The Morgan fingerprint density at radius 3 is 2.12 bits per heavy atom. The number of primary amides is 1. The molecule has 0 atom stereocenters. The van der Waals surface area contributed by atoms with Gasteiger partial charge in [0.15, 0.2) is 0 Å². The molecular weight excluding hydrogens is 326 g/mol. The highest BCUT2D eigenvalue weighted by Crippen LogP contribution is 2.29. The molecule has 0 radical (unpaired) electrons. The van der Waals surface area contributed by atoms with Crippen LogP contribution in [0.4, 0.5) is 11.4 Å². The number of amides is 3. The minimum absolute atomic E-state index is 0.102. The van der Waals surface area contributed by atoms with E-state index in [1.54, 1.807) is 30.3 Å². The molecule has 25 heavy (non-hydrogen) atoms. The Bertz CT molecular complexity index is 820. The molecule has 0 bridgehead atoms. The summed E-state index contributed by atoms with van der Waals surface area (Å²) in [5.41, 5.74) is 5.79. The molecular formula is C17H17N3O5. The van der Waals surface area contributed by atoms with E-state index in [-0.39, 0.29) is 11.3 Å². The summed E-state index contributed by atoms with van der Waals surface area (Å²) in [6.45, 7) is 0. The summed E-state index contributed by atoms with van der Waals surface area (Å²) >= 11 is 0. The highest BCUT2D eigenvalue weighted by Gasteiger charge is 2.18. The van der Waals surface area contributed by atoms with Crippen molar-refractivity contribution >= 4 is 29.1 Å². The van der Waals surface area contributed by atoms with Crippen molar-refractivity contribution in [3.05, 3.63) is 48.0 Å². The number of carbonyl (C=O) groups excluding carboxylic acids is 3. The second-order valence-corrected chi connectivity index (χ2v) is 4.88. The van der Waals surface area contributed by atoms with Crippen molar-refractivity contribution < 1.29 is 23.9 Å². The number of anilines is 2. The second-order valence-electron chi connectivity index (χ2n) is 4.88. The van der Waals surface area contributed by atoms with Gasteiger partial charge in [-0.05, 0) is 24.3 Å². The number of methoxy groups -OCH3 is 2. The van der Waals surface area contributed by atoms with Gasteiger partial charge in [-0.2, -0.15) is 0 Å². The van der Waals surface area contributed by atoms with Gasteiger partial charge in [0.05, 0.1) is 31.2 Å². The van der Waals surface area contributed by atoms with Gasteiger partial charge in [0, 0.05) is 6.07 Å². The molecule has 8 heteroatoms. The lowest BCUT2D eigenvalue weighted by Crippen LogP contribution is -2.30. The van der Waals surface area contributed by atoms with Gasteiger partial charge in [-0.1, -0.05) is 12.1 Å². The summed E-state index contributed by atoms with van der Waals surface area (Å²) < 4.78 is 10.2. The highest BCUT2D eigenvalue weighted by atomic mass is 16.5. The van der Waals surface area contributed by atoms with E-state index in [2.05, 4.69) is 10.6 Å². The fraction of sp³-hybridized carbons (Fsp3) is 0.118. The van der Waals surface area contributed by atoms with Crippen LogP contribution in [0.2, 0.25) is 0 Å². The molecule has 0 saturated carbocycles. The van der Waals surface area contributed by atoms with Crippen LogP contribution in [-0.4, -0.2) is 31.9 Å². The lowest BCUT2D eigenvalue weighted by Gasteiger charge is -2.12. The summed E-state index contributed by atoms with van der Waals surface area (Å²) in [5, 5.41) is 4.79. The summed E-state index contributed by atoms with van der Waals surface area (Å²) in [5.74, 6) is -1.73. The first-order chi connectivity index (χ1) is 12.0. The number of para-hydroxylation sites is 1. The lowest BCUT2D eigenvalue weighted by molar-refractivity contribution is -0.133. The molecule has 0 heterocycles. The molecule has 130 valence electrons. The third-order valence-corrected chi connectivity index (χ3v) is 3.30. The fourth-order valence-corrected chi connectivity index (χ4v) is 2.07. The third kappa shape index (κ3) is 4.25. The van der Waals surface area contributed by atoms with Gasteiger partial charge in [-0.25, -0.2) is 0 Å². The average molecular weight is 343 g/mol. The van der Waals surface area contributed by atoms with Gasteiger partial charge < -0.3 is 25.8 Å². The topological polar surface area (TPSA) is 120 Å². The summed E-state index contributed by atoms with van der Waals surface area (Å²) in [7, 11) is 2.92. The van der Waals surface area contributed by atoms with Crippen LogP contribution in [0.15, 0.2) is 42.5 Å². The predicted molar refractivity (Wildman–Crippen MR) is 91.8 cm³/mol. The first-order valence-electron chi connectivity index (χ1n) is 7.19. The van der Waals surface area contributed by atoms with E-state index in [1.807, 2.05) is 0 Å². The molecule has 0 fully saturated rings. The van der Waals surface area contributed by atoms with E-state index >= 15 is 0 Å². The molecule has 0 aliphatic rings. The van der Waals surface area contributed by atoms with Crippen molar-refractivity contribution in [2.24, 2.45) is 5.73 Å². The number of carbonyl (C=O) groups is 3. The Morgan fingerprint density at radius 2 is 1.52 bits per heavy atom. The molecule has 0 aliphatic heterocycles. The Balaban J connectivity index is 2.14. The van der Waals surface area contributed by atoms with Crippen molar-refractivity contribution in [3.63, 3.8) is 0 Å². The maximum Gasteiger partial charge on any atom is 0.314 e. The van der Waals surface area contributed by atoms with Gasteiger partial charge in [-0.3, -0.25) is 14.4 Å². The van der Waals surface area contributed by atoms with Crippen molar-refractivity contribution in [1.29, 1.82) is 0 Å². The minimum atomic E-state index is -0.952. The number of hydrogen-bond donors (Lipinski definition) is 3. The third-order valence-electron chi connectivity index (χ3n) is 3.30. The summed E-state index contributed by atoms with van der Waals surface area (Å²) in [6.07, 6.45) is 0. The number of nitrogens with two attached hydrogens (primary N) is 1. The maximum absolute atomic E-state index is 12.1. The van der Waals surface area contributed by atoms with E-state index in [0.29, 0.717) is 17.2 Å². The van der Waals surface area contributed by atoms with Crippen molar-refractivity contribution in [1.82, 2.24) is 0 Å². The van der Waals surface area contributed by atoms with Crippen LogP contribution in [0, 0.1) is 0 Å². The largest absolute Gasteiger partial charge is 0.497 e. The molecule has 4 N–H and O–H groups in total. The van der Waals surface area contributed by atoms with Gasteiger partial charge in [0.2, 0.25) is 0 Å². The van der Waals surface area contributed by atoms with Crippen LogP contribution in [0.3, 0.4) is 0 Å². The Kier molecular flexibility index (Phi) is 5.57. The molecule has 0 spiro atoms. The normalized spacial score (nSPS) is 9.84. The average Bonchev–Trinajstić information content (AvgIpc) is 2.62. The number of hydrogen-bond acceptors (Lipinski definition) is 5. The zero-order valence-electron chi connectivity index (χ0n) is 13.7. The number of nitrogens with one attached hydrogen (secondary N) is 2. The first kappa shape index (κ1) is 17.8. The van der Waals surface area contributed by atoms with Crippen LogP contribution in [0.5, 0.6) is 11.5 Å². The molecule has 2 aromatic carbocycles. The Labute approximate surface area is 143 Å². The minimum Gasteiger partial charge on any atom is -0.497 e.